The molecule has 7 heteroatoms. The maximum Gasteiger partial charge on any atom is 0.306 e. The lowest BCUT2D eigenvalue weighted by molar-refractivity contribution is -0.145. The van der Waals surface area contributed by atoms with Crippen molar-refractivity contribution >= 4 is 60.3 Å². The average molecular weight is 492 g/mol. The van der Waals surface area contributed by atoms with E-state index >= 15 is 0 Å². The minimum Gasteiger partial charge on any atom is -0.461 e. The van der Waals surface area contributed by atoms with Crippen molar-refractivity contribution < 1.29 is 14.3 Å². The van der Waals surface area contributed by atoms with Gasteiger partial charge in [-0.25, -0.2) is 0 Å². The second-order valence-corrected chi connectivity index (χ2v) is 7.60. The summed E-state index contributed by atoms with van der Waals surface area (Å²) >= 11 is 6.82. The fraction of sp³-hybridized carbons (Fsp3) is 0.150. The number of carbonyl (C=O) groups is 2. The van der Waals surface area contributed by atoms with Gasteiger partial charge < -0.3 is 10.1 Å². The number of rotatable bonds is 6. The lowest BCUT2D eigenvalue weighted by Crippen LogP contribution is -2.15. The summed E-state index contributed by atoms with van der Waals surface area (Å²) in [7, 11) is 0. The Bertz CT molecular complexity index is 975. The number of benzene rings is 2. The Hall–Kier alpha value is -2.25. The molecule has 0 aliphatic rings. The maximum atomic E-state index is 12.2. The van der Waals surface area contributed by atoms with Gasteiger partial charge in [0.05, 0.1) is 17.6 Å². The van der Waals surface area contributed by atoms with Gasteiger partial charge in [-0.3, -0.25) is 14.6 Å². The van der Waals surface area contributed by atoms with E-state index in [1.807, 2.05) is 42.5 Å². The topological polar surface area (TPSA) is 68.3 Å². The number of hydrogen-bond acceptors (Lipinski definition) is 4. The third-order valence-electron chi connectivity index (χ3n) is 3.86. The third kappa shape index (κ3) is 5.37. The van der Waals surface area contributed by atoms with E-state index in [9.17, 15) is 9.59 Å². The zero-order valence-corrected chi connectivity index (χ0v) is 17.4. The van der Waals surface area contributed by atoms with Crippen molar-refractivity contribution in [1.29, 1.82) is 0 Å². The second-order valence-electron chi connectivity index (χ2n) is 5.83. The van der Waals surface area contributed by atoms with Crippen LogP contribution in [0.3, 0.4) is 0 Å². The van der Waals surface area contributed by atoms with Crippen LogP contribution in [0.5, 0.6) is 0 Å². The van der Waals surface area contributed by atoms with Crippen LogP contribution in [0.1, 0.15) is 18.4 Å². The monoisotopic (exact) mass is 490 g/mol. The molecule has 3 rings (SSSR count). The molecule has 0 saturated carbocycles. The van der Waals surface area contributed by atoms with E-state index in [0.29, 0.717) is 11.2 Å². The van der Waals surface area contributed by atoms with Crippen molar-refractivity contribution in [2.75, 3.05) is 5.32 Å². The molecule has 0 unspecified atom stereocenters. The second kappa shape index (κ2) is 9.10. The van der Waals surface area contributed by atoms with Crippen LogP contribution >= 0.6 is 31.9 Å². The number of nitrogens with one attached hydrogen (secondary N) is 1. The number of pyridine rings is 1. The van der Waals surface area contributed by atoms with E-state index in [1.165, 1.54) is 0 Å². The lowest BCUT2D eigenvalue weighted by Gasteiger charge is -2.09. The van der Waals surface area contributed by atoms with Gasteiger partial charge in [0, 0.05) is 26.9 Å². The number of anilines is 1. The lowest BCUT2D eigenvalue weighted by atomic mass is 10.2. The predicted molar refractivity (Wildman–Crippen MR) is 111 cm³/mol. The van der Waals surface area contributed by atoms with Crippen LogP contribution in [0.4, 0.5) is 5.69 Å². The number of nitrogens with zero attached hydrogens (tertiary/aromatic N) is 1. The van der Waals surface area contributed by atoms with Crippen LogP contribution in [0.25, 0.3) is 10.9 Å². The summed E-state index contributed by atoms with van der Waals surface area (Å²) in [5, 5.41) is 3.72. The van der Waals surface area contributed by atoms with Crippen molar-refractivity contribution in [3.8, 4) is 0 Å². The van der Waals surface area contributed by atoms with Gasteiger partial charge >= 0.3 is 5.97 Å². The van der Waals surface area contributed by atoms with Crippen molar-refractivity contribution in [2.24, 2.45) is 0 Å². The number of carbonyl (C=O) groups excluding carboxylic acids is 2. The molecule has 27 heavy (non-hydrogen) atoms. The van der Waals surface area contributed by atoms with Crippen LogP contribution in [-0.4, -0.2) is 16.9 Å². The minimum atomic E-state index is -0.410. The Morgan fingerprint density at radius 3 is 2.56 bits per heavy atom. The molecule has 3 aromatic rings. The zero-order valence-electron chi connectivity index (χ0n) is 14.2. The van der Waals surface area contributed by atoms with E-state index in [0.717, 1.165) is 19.9 Å². The molecule has 0 radical (unpaired) electrons. The molecule has 1 amide bonds. The van der Waals surface area contributed by atoms with Crippen molar-refractivity contribution in [1.82, 2.24) is 4.98 Å². The van der Waals surface area contributed by atoms with Gasteiger partial charge in [0.15, 0.2) is 0 Å². The summed E-state index contributed by atoms with van der Waals surface area (Å²) in [6.07, 6.45) is 1.73. The molecule has 0 aliphatic carbocycles. The number of hydrogen-bond donors (Lipinski definition) is 1. The molecule has 1 heterocycles. The number of fused-ring (bicyclic) bond motifs is 1. The van der Waals surface area contributed by atoms with E-state index < -0.39 is 5.97 Å². The van der Waals surface area contributed by atoms with Crippen LogP contribution in [0.2, 0.25) is 0 Å². The quantitative estimate of drug-likeness (QED) is 0.480. The largest absolute Gasteiger partial charge is 0.461 e. The number of amides is 1. The number of aromatic nitrogens is 1. The first-order valence-electron chi connectivity index (χ1n) is 8.26. The molecule has 138 valence electrons. The first-order chi connectivity index (χ1) is 13.0. The molecule has 0 aliphatic heterocycles. The zero-order chi connectivity index (χ0) is 19.2. The normalized spacial score (nSPS) is 10.6. The van der Waals surface area contributed by atoms with Gasteiger partial charge in [0.2, 0.25) is 5.91 Å². The van der Waals surface area contributed by atoms with Crippen molar-refractivity contribution in [2.45, 2.75) is 19.4 Å². The Labute approximate surface area is 173 Å². The number of esters is 1. The molecule has 2 aromatic carbocycles. The highest BCUT2D eigenvalue weighted by Crippen LogP contribution is 2.28. The summed E-state index contributed by atoms with van der Waals surface area (Å²) in [4.78, 5) is 28.4. The molecule has 0 saturated heterocycles. The van der Waals surface area contributed by atoms with Crippen LogP contribution in [0, 0.1) is 0 Å². The number of ether oxygens (including phenoxy) is 1. The SMILES string of the molecule is O=C(CCC(=O)OCc1ccc(Br)cc1)Nc1ccc(Br)c2cccnc12. The molecule has 5 nitrogen and oxygen atoms in total. The van der Waals surface area contributed by atoms with Crippen LogP contribution in [0.15, 0.2) is 63.7 Å². The van der Waals surface area contributed by atoms with Crippen LogP contribution < -0.4 is 5.32 Å². The predicted octanol–water partition coefficient (Wildman–Crippen LogP) is 5.22. The molecule has 0 fully saturated rings. The van der Waals surface area contributed by atoms with Crippen molar-refractivity contribution in [3.05, 3.63) is 69.2 Å². The summed E-state index contributed by atoms with van der Waals surface area (Å²) < 4.78 is 7.07. The van der Waals surface area contributed by atoms with E-state index in [1.54, 1.807) is 12.3 Å². The molecule has 0 spiro atoms. The summed E-state index contributed by atoms with van der Waals surface area (Å²) in [6, 6.07) is 14.9. The van der Waals surface area contributed by atoms with Gasteiger partial charge in [0.25, 0.3) is 0 Å². The summed E-state index contributed by atoms with van der Waals surface area (Å²) in [6.45, 7) is 0.189. The van der Waals surface area contributed by atoms with E-state index in [-0.39, 0.29) is 25.4 Å². The molecule has 1 aromatic heterocycles. The third-order valence-corrected chi connectivity index (χ3v) is 5.08. The highest BCUT2D eigenvalue weighted by molar-refractivity contribution is 9.11. The standard InChI is InChI=1S/C20H16Br2N2O3/c21-14-5-3-13(4-6-14)12-27-19(26)10-9-18(25)24-17-8-7-16(22)15-2-1-11-23-20(15)17/h1-8,11H,9-10,12H2,(H,24,25). The number of halogens is 2. The first kappa shape index (κ1) is 19.5. The van der Waals surface area contributed by atoms with E-state index in [2.05, 4.69) is 42.2 Å². The highest BCUT2D eigenvalue weighted by atomic mass is 79.9. The Morgan fingerprint density at radius 1 is 1.00 bits per heavy atom. The first-order valence-corrected chi connectivity index (χ1v) is 9.84. The Morgan fingerprint density at radius 2 is 1.78 bits per heavy atom. The molecule has 1 N–H and O–H groups in total. The fourth-order valence-electron chi connectivity index (χ4n) is 2.48. The summed E-state index contributed by atoms with van der Waals surface area (Å²) in [5.41, 5.74) is 2.20. The molecule has 0 atom stereocenters. The smallest absolute Gasteiger partial charge is 0.306 e. The fourth-order valence-corrected chi connectivity index (χ4v) is 3.20. The molecular formula is C20H16Br2N2O3. The van der Waals surface area contributed by atoms with Gasteiger partial charge in [0.1, 0.15) is 6.61 Å². The van der Waals surface area contributed by atoms with Gasteiger partial charge in [-0.15, -0.1) is 0 Å². The van der Waals surface area contributed by atoms with Gasteiger partial charge in [-0.05, 0) is 35.9 Å². The summed E-state index contributed by atoms with van der Waals surface area (Å²) in [5.74, 6) is -0.670. The Balaban J connectivity index is 1.52. The van der Waals surface area contributed by atoms with Gasteiger partial charge in [-0.2, -0.15) is 0 Å². The highest BCUT2D eigenvalue weighted by Gasteiger charge is 2.11. The van der Waals surface area contributed by atoms with E-state index in [4.69, 9.17) is 4.74 Å². The van der Waals surface area contributed by atoms with Crippen LogP contribution in [-0.2, 0) is 20.9 Å². The average Bonchev–Trinajstić information content (AvgIpc) is 2.68. The maximum absolute atomic E-state index is 12.2. The minimum absolute atomic E-state index is 0.0181. The molecule has 0 bridgehead atoms. The Kier molecular flexibility index (Phi) is 6.58. The van der Waals surface area contributed by atoms with Gasteiger partial charge in [-0.1, -0.05) is 50.1 Å². The molecular weight excluding hydrogens is 476 g/mol. The van der Waals surface area contributed by atoms with Crippen molar-refractivity contribution in [3.63, 3.8) is 0 Å².